The van der Waals surface area contributed by atoms with E-state index in [2.05, 4.69) is 15.6 Å². The highest BCUT2D eigenvalue weighted by Crippen LogP contribution is 2.25. The van der Waals surface area contributed by atoms with Crippen LogP contribution in [0.3, 0.4) is 0 Å². The van der Waals surface area contributed by atoms with E-state index in [0.29, 0.717) is 5.69 Å². The molecule has 0 radical (unpaired) electrons. The Morgan fingerprint density at radius 1 is 1.44 bits per heavy atom. The second-order valence-corrected chi connectivity index (χ2v) is 4.95. The van der Waals surface area contributed by atoms with Crippen molar-refractivity contribution >= 4 is 28.6 Å². The lowest BCUT2D eigenvalue weighted by atomic mass is 10.0. The minimum absolute atomic E-state index is 0.153. The van der Waals surface area contributed by atoms with Crippen molar-refractivity contribution in [1.29, 1.82) is 0 Å². The van der Waals surface area contributed by atoms with Crippen molar-refractivity contribution in [1.82, 2.24) is 4.98 Å². The van der Waals surface area contributed by atoms with E-state index < -0.39 is 0 Å². The minimum Gasteiger partial charge on any atom is -0.385 e. The number of hydrogen-bond donors (Lipinski definition) is 2. The zero-order chi connectivity index (χ0) is 12.4. The zero-order valence-corrected chi connectivity index (χ0v) is 10.6. The summed E-state index contributed by atoms with van der Waals surface area (Å²) in [6, 6.07) is 5.97. The van der Waals surface area contributed by atoms with Gasteiger partial charge in [0.15, 0.2) is 0 Å². The highest BCUT2D eigenvalue weighted by atomic mass is 32.1. The van der Waals surface area contributed by atoms with Crippen LogP contribution in [-0.2, 0) is 6.42 Å². The normalized spacial score (nSPS) is 13.6. The van der Waals surface area contributed by atoms with Crippen LogP contribution in [0.5, 0.6) is 0 Å². The number of thiazole rings is 1. The van der Waals surface area contributed by atoms with Crippen LogP contribution in [0.1, 0.15) is 22.5 Å². The fraction of sp³-hybridized carbons (Fsp3) is 0.231. The summed E-state index contributed by atoms with van der Waals surface area (Å²) in [5.74, 6) is -0.153. The van der Waals surface area contributed by atoms with Gasteiger partial charge in [-0.3, -0.25) is 4.79 Å². The second-order valence-electron chi connectivity index (χ2n) is 4.23. The van der Waals surface area contributed by atoms with Gasteiger partial charge in [0, 0.05) is 23.3 Å². The van der Waals surface area contributed by atoms with Crippen molar-refractivity contribution in [3.63, 3.8) is 0 Å². The van der Waals surface area contributed by atoms with Gasteiger partial charge in [0.1, 0.15) is 5.69 Å². The highest BCUT2D eigenvalue weighted by Gasteiger charge is 2.11. The molecule has 0 saturated carbocycles. The number of amides is 1. The van der Waals surface area contributed by atoms with Gasteiger partial charge in [-0.2, -0.15) is 0 Å². The number of nitrogens with zero attached hydrogens (tertiary/aromatic N) is 1. The molecule has 2 N–H and O–H groups in total. The van der Waals surface area contributed by atoms with Crippen LogP contribution in [0, 0.1) is 0 Å². The van der Waals surface area contributed by atoms with Crippen LogP contribution in [0.2, 0.25) is 0 Å². The molecule has 0 aliphatic carbocycles. The monoisotopic (exact) mass is 259 g/mol. The average Bonchev–Trinajstić information content (AvgIpc) is 2.92. The van der Waals surface area contributed by atoms with Crippen molar-refractivity contribution in [3.05, 3.63) is 40.3 Å². The van der Waals surface area contributed by atoms with E-state index >= 15 is 0 Å². The SMILES string of the molecule is O=C(Nc1ccc2c(c1)CCCN2)c1cscn1. The third kappa shape index (κ3) is 2.22. The predicted octanol–water partition coefficient (Wildman–Crippen LogP) is 2.75. The molecular formula is C13H13N3OS. The molecule has 0 saturated heterocycles. The number of benzene rings is 1. The molecule has 0 spiro atoms. The summed E-state index contributed by atoms with van der Waals surface area (Å²) in [6.07, 6.45) is 2.19. The molecule has 2 heterocycles. The van der Waals surface area contributed by atoms with E-state index in [4.69, 9.17) is 0 Å². The minimum atomic E-state index is -0.153. The van der Waals surface area contributed by atoms with Gasteiger partial charge >= 0.3 is 0 Å². The van der Waals surface area contributed by atoms with Gasteiger partial charge in [0.05, 0.1) is 5.51 Å². The number of carbonyl (C=O) groups is 1. The fourth-order valence-electron chi connectivity index (χ4n) is 2.07. The van der Waals surface area contributed by atoms with Gasteiger partial charge in [-0.1, -0.05) is 0 Å². The first-order valence-corrected chi connectivity index (χ1v) is 6.83. The van der Waals surface area contributed by atoms with Gasteiger partial charge in [-0.25, -0.2) is 4.98 Å². The van der Waals surface area contributed by atoms with Gasteiger partial charge in [-0.15, -0.1) is 11.3 Å². The molecule has 0 unspecified atom stereocenters. The van der Waals surface area contributed by atoms with E-state index in [9.17, 15) is 4.79 Å². The molecule has 0 bridgehead atoms. The van der Waals surface area contributed by atoms with Gasteiger partial charge in [0.2, 0.25) is 0 Å². The number of aryl methyl sites for hydroxylation is 1. The Bertz CT molecular complexity index is 566. The molecule has 2 aromatic rings. The summed E-state index contributed by atoms with van der Waals surface area (Å²) in [4.78, 5) is 15.9. The molecule has 0 atom stereocenters. The van der Waals surface area contributed by atoms with E-state index in [1.807, 2.05) is 18.2 Å². The van der Waals surface area contributed by atoms with Crippen molar-refractivity contribution in [3.8, 4) is 0 Å². The van der Waals surface area contributed by atoms with Crippen molar-refractivity contribution in [2.75, 3.05) is 17.2 Å². The number of aromatic nitrogens is 1. The predicted molar refractivity (Wildman–Crippen MR) is 73.3 cm³/mol. The topological polar surface area (TPSA) is 54.0 Å². The van der Waals surface area contributed by atoms with Crippen LogP contribution in [-0.4, -0.2) is 17.4 Å². The van der Waals surface area contributed by atoms with Crippen molar-refractivity contribution in [2.45, 2.75) is 12.8 Å². The third-order valence-electron chi connectivity index (χ3n) is 2.97. The average molecular weight is 259 g/mol. The molecule has 1 aromatic heterocycles. The van der Waals surface area contributed by atoms with Crippen LogP contribution in [0.15, 0.2) is 29.1 Å². The summed E-state index contributed by atoms with van der Waals surface area (Å²) in [5, 5.41) is 7.96. The molecule has 18 heavy (non-hydrogen) atoms. The molecule has 3 rings (SSSR count). The molecular weight excluding hydrogens is 246 g/mol. The summed E-state index contributed by atoms with van der Waals surface area (Å²) in [7, 11) is 0. The Morgan fingerprint density at radius 2 is 2.39 bits per heavy atom. The molecule has 1 amide bonds. The quantitative estimate of drug-likeness (QED) is 0.872. The lowest BCUT2D eigenvalue weighted by Gasteiger charge is -2.18. The number of fused-ring (bicyclic) bond motifs is 1. The number of anilines is 2. The summed E-state index contributed by atoms with van der Waals surface area (Å²) < 4.78 is 0. The maximum atomic E-state index is 11.9. The van der Waals surface area contributed by atoms with Gasteiger partial charge in [-0.05, 0) is 36.6 Å². The Hall–Kier alpha value is -1.88. The summed E-state index contributed by atoms with van der Waals surface area (Å²) in [6.45, 7) is 1.03. The van der Waals surface area contributed by atoms with E-state index in [1.54, 1.807) is 10.9 Å². The molecule has 4 nitrogen and oxygen atoms in total. The number of hydrogen-bond acceptors (Lipinski definition) is 4. The molecule has 1 aliphatic heterocycles. The van der Waals surface area contributed by atoms with E-state index in [0.717, 1.165) is 25.1 Å². The maximum absolute atomic E-state index is 11.9. The fourth-order valence-corrected chi connectivity index (χ4v) is 2.60. The summed E-state index contributed by atoms with van der Waals surface area (Å²) in [5.41, 5.74) is 5.39. The van der Waals surface area contributed by atoms with Gasteiger partial charge < -0.3 is 10.6 Å². The Kier molecular flexibility index (Phi) is 2.98. The lowest BCUT2D eigenvalue weighted by Crippen LogP contribution is -2.14. The third-order valence-corrected chi connectivity index (χ3v) is 3.55. The molecule has 1 aromatic carbocycles. The largest absolute Gasteiger partial charge is 0.385 e. The first kappa shape index (κ1) is 11.2. The molecule has 5 heteroatoms. The van der Waals surface area contributed by atoms with Crippen LogP contribution in [0.4, 0.5) is 11.4 Å². The smallest absolute Gasteiger partial charge is 0.275 e. The van der Waals surface area contributed by atoms with E-state index in [-0.39, 0.29) is 5.91 Å². The Morgan fingerprint density at radius 3 is 3.22 bits per heavy atom. The van der Waals surface area contributed by atoms with Crippen molar-refractivity contribution < 1.29 is 4.79 Å². The molecule has 0 fully saturated rings. The van der Waals surface area contributed by atoms with Crippen molar-refractivity contribution in [2.24, 2.45) is 0 Å². The first-order valence-electron chi connectivity index (χ1n) is 5.89. The highest BCUT2D eigenvalue weighted by molar-refractivity contribution is 7.07. The number of nitrogens with one attached hydrogen (secondary N) is 2. The summed E-state index contributed by atoms with van der Waals surface area (Å²) >= 11 is 1.42. The van der Waals surface area contributed by atoms with Crippen LogP contribution < -0.4 is 10.6 Å². The second kappa shape index (κ2) is 4.78. The Balaban J connectivity index is 1.79. The van der Waals surface area contributed by atoms with E-state index in [1.165, 1.54) is 22.6 Å². The lowest BCUT2D eigenvalue weighted by molar-refractivity contribution is 0.102. The molecule has 1 aliphatic rings. The van der Waals surface area contributed by atoms with Gasteiger partial charge in [0.25, 0.3) is 5.91 Å². The standard InChI is InChI=1S/C13H13N3OS/c17-13(12-7-18-8-15-12)16-10-3-4-11-9(6-10)2-1-5-14-11/h3-4,6-8,14H,1-2,5H2,(H,16,17). The zero-order valence-electron chi connectivity index (χ0n) is 9.77. The molecule has 92 valence electrons. The number of rotatable bonds is 2. The van der Waals surface area contributed by atoms with Crippen LogP contribution in [0.25, 0.3) is 0 Å². The first-order chi connectivity index (χ1) is 8.83. The Labute approximate surface area is 109 Å². The maximum Gasteiger partial charge on any atom is 0.275 e. The number of carbonyl (C=O) groups excluding carboxylic acids is 1. The van der Waals surface area contributed by atoms with Crippen LogP contribution >= 0.6 is 11.3 Å².